The van der Waals surface area contributed by atoms with E-state index in [9.17, 15) is 54.3 Å². The van der Waals surface area contributed by atoms with Crippen LogP contribution < -0.4 is 30.1 Å². The number of halogens is 6. The maximum absolute atomic E-state index is 13.6. The largest absolute Gasteiger partial charge is 0.480 e. The highest BCUT2D eigenvalue weighted by Gasteiger charge is 2.35. The molecule has 124 heavy (non-hydrogen) atoms. The molecule has 682 valence electrons. The summed E-state index contributed by atoms with van der Waals surface area (Å²) in [7, 11) is -5.69. The van der Waals surface area contributed by atoms with Crippen LogP contribution in [-0.2, 0) is 102 Å². The second-order valence-electron chi connectivity index (χ2n) is 31.4. The molecule has 3 atom stereocenters. The van der Waals surface area contributed by atoms with E-state index in [1.807, 2.05) is 57.5 Å². The van der Waals surface area contributed by atoms with Gasteiger partial charge < -0.3 is 68.9 Å². The van der Waals surface area contributed by atoms with Gasteiger partial charge in [-0.1, -0.05) is 119 Å². The number of amides is 3. The van der Waals surface area contributed by atoms with E-state index in [0.717, 1.165) is 50.1 Å². The third kappa shape index (κ3) is 33.2. The fourth-order valence-electron chi connectivity index (χ4n) is 15.7. The highest BCUT2D eigenvalue weighted by molar-refractivity contribution is 7.90. The minimum absolute atomic E-state index is 0.0113. The molecule has 0 aromatic heterocycles. The maximum atomic E-state index is 13.6. The predicted molar refractivity (Wildman–Crippen MR) is 479 cm³/mol. The normalized spacial score (nSPS) is 15.9. The van der Waals surface area contributed by atoms with Crippen LogP contribution in [0.5, 0.6) is 0 Å². The first-order chi connectivity index (χ1) is 59.4. The smallest absolute Gasteiger partial charge is 0.329 e. The van der Waals surface area contributed by atoms with Crippen molar-refractivity contribution < 1.29 is 87.5 Å². The number of hydrogen-bond acceptors (Lipinski definition) is 21. The van der Waals surface area contributed by atoms with Crippen molar-refractivity contribution in [3.8, 4) is 0 Å². The lowest BCUT2D eigenvalue weighted by atomic mass is 9.82. The number of nitrogens with one attached hydrogen (secondary N) is 6. The number of likely N-dealkylation sites (N-methyl/N-ethyl adjacent to an activating group) is 3. The molecule has 0 saturated heterocycles. The summed E-state index contributed by atoms with van der Waals surface area (Å²) in [5, 5.41) is 21.3. The van der Waals surface area contributed by atoms with Gasteiger partial charge in [-0.15, -0.1) is 0 Å². The number of hydrogen-bond donors (Lipinski definition) is 7. The molecule has 3 amide bonds. The molecule has 7 N–H and O–H groups in total. The fourth-order valence-corrected chi connectivity index (χ4v) is 20.6. The number of unbranched alkanes of at least 4 members (excludes halogenated alkanes) is 2. The van der Waals surface area contributed by atoms with E-state index in [-0.39, 0.29) is 168 Å². The first kappa shape index (κ1) is 102. The average molecular weight is 1900 g/mol. The molecule has 0 bridgehead atoms. The molecule has 0 aliphatic carbocycles. The fraction of sp³-hybridized carbons (Fsp3) is 0.529. The number of carbonyl (C=O) groups excluding carboxylic acids is 4. The lowest BCUT2D eigenvalue weighted by Crippen LogP contribution is -2.50. The molecule has 0 spiro atoms. The average Bonchev–Trinajstić information content (AvgIpc) is 0.780. The van der Waals surface area contributed by atoms with Crippen LogP contribution in [0.2, 0.25) is 30.1 Å². The Labute approximate surface area is 758 Å². The summed E-state index contributed by atoms with van der Waals surface area (Å²) in [6.07, 6.45) is 5.47. The number of fused-ring (bicyclic) bond motifs is 3. The Kier molecular flexibility index (Phi) is 42.1. The maximum Gasteiger partial charge on any atom is 0.329 e. The number of carboxylic acids is 1. The number of ether oxygens (including phenoxy) is 7. The molecule has 6 aromatic rings. The van der Waals surface area contributed by atoms with Crippen molar-refractivity contribution in [1.82, 2.24) is 44.8 Å². The van der Waals surface area contributed by atoms with Gasteiger partial charge in [0.15, 0.2) is 0 Å². The van der Waals surface area contributed by atoms with E-state index in [2.05, 4.69) is 44.8 Å². The van der Waals surface area contributed by atoms with Crippen molar-refractivity contribution in [3.63, 3.8) is 0 Å². The SMILES string of the molecule is CN1Cc2c(Cl)cc(Cl)cc2[C@H](c2cccc(S(=O)(=O)NCCOCCOCCCC(=O)CCCCC(CCCCC(=O)CCCOCCOCCNS(=O)(=O)c3cccc([C@@H]4CN(C)Cc5c(Cl)cc(Cl)cc54)c3)(CCCNC(=O)NCCOCCOCCNS(=O)(=O)c3cccc([C@@H]4CN(C)Cc5c(Cl)cc(Cl)cc54)c3)NC(=O)COCC(=O)O)c2)C1. The van der Waals surface area contributed by atoms with Crippen molar-refractivity contribution in [2.75, 3.05) is 166 Å². The third-order valence-corrected chi connectivity index (χ3v) is 27.7. The van der Waals surface area contributed by atoms with Crippen LogP contribution in [0.4, 0.5) is 4.79 Å². The van der Waals surface area contributed by atoms with Gasteiger partial charge in [-0.05, 0) is 195 Å². The van der Waals surface area contributed by atoms with E-state index < -0.39 is 66.7 Å². The molecule has 0 fully saturated rings. The number of benzene rings is 6. The van der Waals surface area contributed by atoms with E-state index >= 15 is 0 Å². The molecule has 0 saturated carbocycles. The van der Waals surface area contributed by atoms with Crippen LogP contribution in [0.3, 0.4) is 0 Å². The zero-order valence-electron chi connectivity index (χ0n) is 70.3. The van der Waals surface area contributed by atoms with Gasteiger partial charge in [-0.2, -0.15) is 0 Å². The lowest BCUT2D eigenvalue weighted by molar-refractivity contribution is -0.144. The number of aliphatic carboxylic acids is 1. The van der Waals surface area contributed by atoms with Crippen LogP contribution in [-0.4, -0.2) is 246 Å². The molecule has 28 nitrogen and oxygen atoms in total. The molecular weight excluding hydrogens is 1780 g/mol. The number of Topliss-reactive ketones (excluding diaryl/α,β-unsaturated/α-hetero) is 2. The Hall–Kier alpha value is -6.06. The van der Waals surface area contributed by atoms with Crippen molar-refractivity contribution in [2.24, 2.45) is 0 Å². The molecule has 9 rings (SSSR count). The number of carboxylic acid groups (broad SMARTS) is 1. The third-order valence-electron chi connectivity index (χ3n) is 21.6. The van der Waals surface area contributed by atoms with Crippen molar-refractivity contribution >= 4 is 129 Å². The quantitative estimate of drug-likeness (QED) is 0.0174. The van der Waals surface area contributed by atoms with Gasteiger partial charge in [0.25, 0.3) is 0 Å². The van der Waals surface area contributed by atoms with Crippen molar-refractivity contribution in [3.05, 3.63) is 189 Å². The minimum Gasteiger partial charge on any atom is -0.480 e. The highest BCUT2D eigenvalue weighted by atomic mass is 35.5. The van der Waals surface area contributed by atoms with Crippen molar-refractivity contribution in [2.45, 2.75) is 148 Å². The van der Waals surface area contributed by atoms with E-state index in [4.69, 9.17) is 103 Å². The van der Waals surface area contributed by atoms with Crippen molar-refractivity contribution in [1.29, 1.82) is 0 Å². The van der Waals surface area contributed by atoms with Gasteiger partial charge >= 0.3 is 12.0 Å². The molecule has 0 radical (unpaired) electrons. The molecular formula is C87H115Cl6N9O19S3. The van der Waals surface area contributed by atoms with Gasteiger partial charge in [0.2, 0.25) is 36.0 Å². The summed E-state index contributed by atoms with van der Waals surface area (Å²) >= 11 is 38.9. The summed E-state index contributed by atoms with van der Waals surface area (Å²) in [5.41, 5.74) is 7.31. The molecule has 6 aromatic carbocycles. The van der Waals surface area contributed by atoms with Crippen LogP contribution in [0, 0.1) is 0 Å². The van der Waals surface area contributed by atoms with Crippen LogP contribution in [0.25, 0.3) is 0 Å². The highest BCUT2D eigenvalue weighted by Crippen LogP contribution is 2.43. The number of rotatable bonds is 57. The zero-order chi connectivity index (χ0) is 89.2. The van der Waals surface area contributed by atoms with E-state index in [1.165, 1.54) is 6.07 Å². The predicted octanol–water partition coefficient (Wildman–Crippen LogP) is 12.5. The molecule has 3 heterocycles. The van der Waals surface area contributed by atoms with Gasteiger partial charge in [-0.25, -0.2) is 49.0 Å². The zero-order valence-corrected chi connectivity index (χ0v) is 77.3. The summed E-state index contributed by atoms with van der Waals surface area (Å²) in [6, 6.07) is 30.8. The van der Waals surface area contributed by atoms with Gasteiger partial charge in [0, 0.05) is 164 Å². The summed E-state index contributed by atoms with van der Waals surface area (Å²) in [5.74, 6) is -2.21. The first-order valence-electron chi connectivity index (χ1n) is 41.8. The Morgan fingerprint density at radius 2 is 0.726 bits per heavy atom. The Bertz CT molecular complexity index is 4450. The standard InChI is InChI=1S/C87H115Cl6N9O19S3/c1-100-53-75(72-47-64(88)50-81(91)78(72)56-100)61-14-8-21-69(44-61)122(109,110)96-29-35-118-40-38-115-32-11-19-67(103)17-4-6-24-87(99-84(105)59-121-60-85(106)107,25-7-5-18-68(104)20-12-33-116-39-41-119-36-30-97-123(111,112)70-22-9-15-62(45-70)76-54-101(2)57-79-73(76)48-65(89)51-82(79)92)26-13-27-94-86(108)95-28-34-117-42-43-120-37-31-98-124(113,114)71-23-10-16-63(46-71)77-55-102(3)58-80-74(77)49-66(90)52-83(80)93/h8-10,14-16,21-23,44-52,75-77,96-98H,4-7,11-13,17-20,24-43,53-60H2,1-3H3,(H,99,105)(H,106,107)(H2,94,95,108)/t75-,76-,77-/m0/s1. The monoisotopic (exact) mass is 1900 g/mol. The Morgan fingerprint density at radius 3 is 1.09 bits per heavy atom. The van der Waals surface area contributed by atoms with Gasteiger partial charge in [0.1, 0.15) is 24.8 Å². The number of urea groups is 1. The summed E-state index contributed by atoms with van der Waals surface area (Å²) in [6.45, 7) is 5.25. The minimum atomic E-state index is -3.89. The Balaban J connectivity index is 0.677. The van der Waals surface area contributed by atoms with Gasteiger partial charge in [0.05, 0.1) is 80.8 Å². The second kappa shape index (κ2) is 51.4. The Morgan fingerprint density at radius 1 is 0.395 bits per heavy atom. The van der Waals surface area contributed by atoms with Crippen LogP contribution in [0.15, 0.2) is 124 Å². The topological polar surface area (TPSA) is 355 Å². The lowest BCUT2D eigenvalue weighted by Gasteiger charge is -2.36. The number of nitrogens with zero attached hydrogens (tertiary/aromatic N) is 3. The first-order valence-corrected chi connectivity index (χ1v) is 48.5. The van der Waals surface area contributed by atoms with Crippen LogP contribution in [0.1, 0.15) is 158 Å². The van der Waals surface area contributed by atoms with Crippen LogP contribution >= 0.6 is 69.6 Å². The van der Waals surface area contributed by atoms with E-state index in [0.29, 0.717) is 147 Å². The molecule has 0 unspecified atom stereocenters. The van der Waals surface area contributed by atoms with E-state index in [1.54, 1.807) is 66.7 Å². The number of ketones is 2. The second-order valence-corrected chi connectivity index (χ2v) is 39.2. The summed E-state index contributed by atoms with van der Waals surface area (Å²) in [4.78, 5) is 71.3. The summed E-state index contributed by atoms with van der Waals surface area (Å²) < 4.78 is 128. The molecule has 3 aliphatic rings. The number of carbonyl (C=O) groups is 5. The number of sulfonamides is 3. The molecule has 3 aliphatic heterocycles. The van der Waals surface area contributed by atoms with Gasteiger partial charge in [-0.3, -0.25) is 14.4 Å². The molecule has 37 heteroatoms.